The summed E-state index contributed by atoms with van der Waals surface area (Å²) >= 11 is 0. The fourth-order valence-corrected chi connectivity index (χ4v) is 4.36. The summed E-state index contributed by atoms with van der Waals surface area (Å²) in [4.78, 5) is 43.2. The Kier molecular flexibility index (Phi) is 5.33. The van der Waals surface area contributed by atoms with Gasteiger partial charge in [-0.25, -0.2) is 0 Å². The Morgan fingerprint density at radius 3 is 2.53 bits per heavy atom. The summed E-state index contributed by atoms with van der Waals surface area (Å²) in [5, 5.41) is 13.9. The topological polar surface area (TPSA) is 109 Å². The third-order valence-electron chi connectivity index (χ3n) is 5.89. The molecule has 0 bridgehead atoms. The number of anilines is 2. The highest BCUT2D eigenvalue weighted by atomic mass is 16.5. The average Bonchev–Trinajstić information content (AvgIpc) is 3.41. The molecule has 2 N–H and O–H groups in total. The van der Waals surface area contributed by atoms with Crippen LogP contribution < -0.4 is 15.0 Å². The van der Waals surface area contributed by atoms with Crippen molar-refractivity contribution in [1.82, 2.24) is 4.98 Å². The fraction of sp³-hybridized carbons (Fsp3) is 0.154. The molecule has 2 aliphatic rings. The van der Waals surface area contributed by atoms with E-state index < -0.39 is 17.7 Å². The standard InChI is InChI=1S/C26H21N3O5/c1-15(30)28-19-3-5-20(6-4-19)29-23(16-8-11-27-12-9-16)22(25(32)26(29)33)24(31)18-2-7-21-17(14-18)10-13-34-21/h2-9,11-12,14,23,31H,10,13H2,1H3,(H,28,30)/b24-22-. The second-order valence-electron chi connectivity index (χ2n) is 8.10. The fourth-order valence-electron chi connectivity index (χ4n) is 4.36. The van der Waals surface area contributed by atoms with Gasteiger partial charge in [-0.1, -0.05) is 0 Å². The molecule has 2 aliphatic heterocycles. The number of carbonyl (C=O) groups is 3. The van der Waals surface area contributed by atoms with E-state index in [1.54, 1.807) is 67.0 Å². The van der Waals surface area contributed by atoms with Crippen LogP contribution in [-0.2, 0) is 20.8 Å². The van der Waals surface area contributed by atoms with Gasteiger partial charge < -0.3 is 15.2 Å². The second kappa shape index (κ2) is 8.47. The predicted octanol–water partition coefficient (Wildman–Crippen LogP) is 3.60. The van der Waals surface area contributed by atoms with Gasteiger partial charge in [0.1, 0.15) is 11.5 Å². The molecule has 2 amide bonds. The number of benzene rings is 2. The zero-order chi connectivity index (χ0) is 23.8. The molecular formula is C26H21N3O5. The quantitative estimate of drug-likeness (QED) is 0.354. The highest BCUT2D eigenvalue weighted by Gasteiger charge is 2.47. The summed E-state index contributed by atoms with van der Waals surface area (Å²) in [7, 11) is 0. The highest BCUT2D eigenvalue weighted by Crippen LogP contribution is 2.42. The molecule has 0 aliphatic carbocycles. The second-order valence-corrected chi connectivity index (χ2v) is 8.10. The molecule has 3 heterocycles. The SMILES string of the molecule is CC(=O)Nc1ccc(N2C(=O)C(=O)/C(=C(\O)c3ccc4c(c3)CCO4)C2c2ccncc2)cc1. The predicted molar refractivity (Wildman–Crippen MR) is 125 cm³/mol. The third-order valence-corrected chi connectivity index (χ3v) is 5.89. The number of ketones is 1. The van der Waals surface area contributed by atoms with Crippen LogP contribution in [-0.4, -0.2) is 34.3 Å². The molecule has 2 aromatic carbocycles. The first kappa shape index (κ1) is 21.4. The number of hydrogen-bond donors (Lipinski definition) is 2. The van der Waals surface area contributed by atoms with Gasteiger partial charge in [-0.2, -0.15) is 0 Å². The number of pyridine rings is 1. The van der Waals surface area contributed by atoms with Crippen molar-refractivity contribution in [1.29, 1.82) is 0 Å². The first-order valence-electron chi connectivity index (χ1n) is 10.8. The molecule has 5 rings (SSSR count). The van der Waals surface area contributed by atoms with Crippen LogP contribution in [0.4, 0.5) is 11.4 Å². The Hall–Kier alpha value is -4.46. The smallest absolute Gasteiger partial charge is 0.300 e. The zero-order valence-corrected chi connectivity index (χ0v) is 18.3. The summed E-state index contributed by atoms with van der Waals surface area (Å²) in [6.07, 6.45) is 3.85. The van der Waals surface area contributed by atoms with Gasteiger partial charge in [0.05, 0.1) is 18.2 Å². The molecule has 1 unspecified atom stereocenters. The zero-order valence-electron chi connectivity index (χ0n) is 18.3. The minimum atomic E-state index is -0.848. The molecular weight excluding hydrogens is 434 g/mol. The van der Waals surface area contributed by atoms with Gasteiger partial charge in [0.25, 0.3) is 11.7 Å². The van der Waals surface area contributed by atoms with Crippen LogP contribution in [0.25, 0.3) is 5.76 Å². The lowest BCUT2D eigenvalue weighted by molar-refractivity contribution is -0.132. The van der Waals surface area contributed by atoms with Crippen LogP contribution in [0.2, 0.25) is 0 Å². The van der Waals surface area contributed by atoms with Crippen molar-refractivity contribution in [2.75, 3.05) is 16.8 Å². The largest absolute Gasteiger partial charge is 0.507 e. The van der Waals surface area contributed by atoms with E-state index in [0.29, 0.717) is 35.5 Å². The molecule has 170 valence electrons. The molecule has 8 nitrogen and oxygen atoms in total. The van der Waals surface area contributed by atoms with E-state index in [2.05, 4.69) is 10.3 Å². The minimum Gasteiger partial charge on any atom is -0.507 e. The molecule has 1 atom stereocenters. The van der Waals surface area contributed by atoms with E-state index in [9.17, 15) is 19.5 Å². The highest BCUT2D eigenvalue weighted by molar-refractivity contribution is 6.51. The number of ether oxygens (including phenoxy) is 1. The number of amides is 2. The number of hydrogen-bond acceptors (Lipinski definition) is 6. The van der Waals surface area contributed by atoms with E-state index in [1.165, 1.54) is 11.8 Å². The lowest BCUT2D eigenvalue weighted by Gasteiger charge is -2.25. The van der Waals surface area contributed by atoms with Crippen molar-refractivity contribution in [2.24, 2.45) is 0 Å². The maximum atomic E-state index is 13.2. The van der Waals surface area contributed by atoms with Crippen molar-refractivity contribution in [3.63, 3.8) is 0 Å². The molecule has 3 aromatic rings. The van der Waals surface area contributed by atoms with E-state index >= 15 is 0 Å². The number of nitrogens with one attached hydrogen (secondary N) is 1. The Bertz CT molecular complexity index is 1330. The van der Waals surface area contributed by atoms with E-state index in [0.717, 1.165) is 11.3 Å². The first-order valence-corrected chi connectivity index (χ1v) is 10.8. The number of aromatic nitrogens is 1. The average molecular weight is 455 g/mol. The van der Waals surface area contributed by atoms with Crippen LogP contribution in [0.15, 0.2) is 72.6 Å². The van der Waals surface area contributed by atoms with Gasteiger partial charge in [0.2, 0.25) is 5.91 Å². The Morgan fingerprint density at radius 2 is 1.82 bits per heavy atom. The molecule has 0 radical (unpaired) electrons. The van der Waals surface area contributed by atoms with Crippen molar-refractivity contribution in [3.8, 4) is 5.75 Å². The molecule has 34 heavy (non-hydrogen) atoms. The van der Waals surface area contributed by atoms with Crippen LogP contribution in [0.1, 0.15) is 29.7 Å². The summed E-state index contributed by atoms with van der Waals surface area (Å²) in [5.74, 6) is -1.24. The summed E-state index contributed by atoms with van der Waals surface area (Å²) in [6.45, 7) is 1.97. The van der Waals surface area contributed by atoms with Crippen LogP contribution >= 0.6 is 0 Å². The van der Waals surface area contributed by atoms with Crippen molar-refractivity contribution in [2.45, 2.75) is 19.4 Å². The van der Waals surface area contributed by atoms with Crippen molar-refractivity contribution < 1.29 is 24.2 Å². The monoisotopic (exact) mass is 455 g/mol. The maximum absolute atomic E-state index is 13.2. The number of aliphatic hydroxyl groups is 1. The molecule has 0 spiro atoms. The third kappa shape index (κ3) is 3.69. The van der Waals surface area contributed by atoms with Gasteiger partial charge in [0, 0.05) is 42.7 Å². The number of nitrogens with zero attached hydrogens (tertiary/aromatic N) is 2. The molecule has 1 saturated heterocycles. The number of Topliss-reactive ketones (excluding diaryl/α,β-unsaturated/α-hetero) is 1. The van der Waals surface area contributed by atoms with Gasteiger partial charge in [-0.3, -0.25) is 24.3 Å². The Morgan fingerprint density at radius 1 is 1.09 bits per heavy atom. The summed E-state index contributed by atoms with van der Waals surface area (Å²) < 4.78 is 5.54. The first-order chi connectivity index (χ1) is 16.4. The summed E-state index contributed by atoms with van der Waals surface area (Å²) in [5.41, 5.74) is 3.04. The minimum absolute atomic E-state index is 0.000929. The normalized spacial score (nSPS) is 18.5. The molecule has 8 heteroatoms. The van der Waals surface area contributed by atoms with Crippen molar-refractivity contribution in [3.05, 3.63) is 89.3 Å². The summed E-state index contributed by atoms with van der Waals surface area (Å²) in [6, 6.07) is 14.4. The number of carbonyl (C=O) groups excluding carboxylic acids is 3. The van der Waals surface area contributed by atoms with Gasteiger partial charge >= 0.3 is 0 Å². The van der Waals surface area contributed by atoms with Gasteiger partial charge in [-0.15, -0.1) is 0 Å². The van der Waals surface area contributed by atoms with Crippen LogP contribution in [0, 0.1) is 0 Å². The molecule has 0 saturated carbocycles. The molecule has 1 aromatic heterocycles. The lowest BCUT2D eigenvalue weighted by atomic mass is 9.95. The number of fused-ring (bicyclic) bond motifs is 1. The van der Waals surface area contributed by atoms with Crippen molar-refractivity contribution >= 4 is 34.7 Å². The van der Waals surface area contributed by atoms with E-state index in [-0.39, 0.29) is 17.2 Å². The number of aliphatic hydroxyl groups excluding tert-OH is 1. The van der Waals surface area contributed by atoms with Crippen LogP contribution in [0.5, 0.6) is 5.75 Å². The number of rotatable bonds is 4. The maximum Gasteiger partial charge on any atom is 0.300 e. The Balaban J connectivity index is 1.63. The Labute approximate surface area is 195 Å². The van der Waals surface area contributed by atoms with Gasteiger partial charge in [0.15, 0.2) is 0 Å². The van der Waals surface area contributed by atoms with Crippen LogP contribution in [0.3, 0.4) is 0 Å². The van der Waals surface area contributed by atoms with E-state index in [1.807, 2.05) is 0 Å². The van der Waals surface area contributed by atoms with Gasteiger partial charge in [-0.05, 0) is 65.7 Å². The lowest BCUT2D eigenvalue weighted by Crippen LogP contribution is -2.29. The van der Waals surface area contributed by atoms with E-state index in [4.69, 9.17) is 4.74 Å². The molecule has 1 fully saturated rings.